The van der Waals surface area contributed by atoms with Crippen molar-refractivity contribution in [3.05, 3.63) is 0 Å². The third-order valence-corrected chi connectivity index (χ3v) is 4.11. The van der Waals surface area contributed by atoms with Crippen LogP contribution >= 0.6 is 0 Å². The summed E-state index contributed by atoms with van der Waals surface area (Å²) in [6.45, 7) is 15.2. The molecule has 3 heteroatoms. The van der Waals surface area contributed by atoms with E-state index in [2.05, 4.69) is 51.5 Å². The van der Waals surface area contributed by atoms with Gasteiger partial charge in [0.1, 0.15) is 0 Å². The van der Waals surface area contributed by atoms with Crippen LogP contribution in [0.1, 0.15) is 41.0 Å². The summed E-state index contributed by atoms with van der Waals surface area (Å²) in [5, 5.41) is 10.1. The van der Waals surface area contributed by atoms with E-state index in [4.69, 9.17) is 0 Å². The first-order chi connectivity index (χ1) is 7.63. The lowest BCUT2D eigenvalue weighted by atomic mass is 9.87. The molecule has 0 aliphatic carbocycles. The number of hydrogen-bond donors (Lipinski definition) is 1. The van der Waals surface area contributed by atoms with E-state index in [1.165, 1.54) is 0 Å². The Morgan fingerprint density at radius 1 is 1.24 bits per heavy atom. The first-order valence-corrected chi connectivity index (χ1v) is 6.74. The maximum atomic E-state index is 10.1. The smallest absolute Gasteiger partial charge is 0.0600 e. The highest BCUT2D eigenvalue weighted by Crippen LogP contribution is 2.23. The van der Waals surface area contributed by atoms with Gasteiger partial charge in [-0.1, -0.05) is 20.8 Å². The summed E-state index contributed by atoms with van der Waals surface area (Å²) in [5.41, 5.74) is 0.257. The Labute approximate surface area is 107 Å². The topological polar surface area (TPSA) is 26.7 Å². The summed E-state index contributed by atoms with van der Waals surface area (Å²) in [6.07, 6.45) is 0.675. The van der Waals surface area contributed by atoms with Crippen molar-refractivity contribution >= 4 is 0 Å². The Morgan fingerprint density at radius 3 is 2.29 bits per heavy atom. The van der Waals surface area contributed by atoms with Crippen molar-refractivity contribution in [2.75, 3.05) is 33.2 Å². The van der Waals surface area contributed by atoms with Gasteiger partial charge in [0.2, 0.25) is 0 Å². The van der Waals surface area contributed by atoms with Crippen LogP contribution in [0.2, 0.25) is 0 Å². The summed E-state index contributed by atoms with van der Waals surface area (Å²) in [7, 11) is 2.20. The van der Waals surface area contributed by atoms with Crippen LogP contribution in [0.4, 0.5) is 0 Å². The van der Waals surface area contributed by atoms with Gasteiger partial charge in [-0.25, -0.2) is 0 Å². The predicted octanol–water partition coefficient (Wildman–Crippen LogP) is 1.81. The van der Waals surface area contributed by atoms with Crippen molar-refractivity contribution in [2.45, 2.75) is 52.7 Å². The van der Waals surface area contributed by atoms with Crippen LogP contribution in [-0.2, 0) is 0 Å². The lowest BCUT2D eigenvalue weighted by molar-refractivity contribution is 0.0126. The second kappa shape index (κ2) is 5.25. The Morgan fingerprint density at radius 2 is 1.82 bits per heavy atom. The standard InChI is InChI=1S/C14H30N2O/c1-13(2,3)12(17)7-8-16-10-9-15(6)14(4,5)11-16/h12,17H,7-11H2,1-6H3. The highest BCUT2D eigenvalue weighted by atomic mass is 16.3. The van der Waals surface area contributed by atoms with Gasteiger partial charge < -0.3 is 10.0 Å². The molecule has 0 amide bonds. The molecule has 0 aromatic carbocycles. The highest BCUT2D eigenvalue weighted by molar-refractivity contribution is 4.88. The second-order valence-electron chi connectivity index (χ2n) is 7.18. The third-order valence-electron chi connectivity index (χ3n) is 4.11. The van der Waals surface area contributed by atoms with E-state index in [9.17, 15) is 5.11 Å². The minimum atomic E-state index is -0.203. The molecular formula is C14H30N2O. The van der Waals surface area contributed by atoms with E-state index in [1.54, 1.807) is 0 Å². The fraction of sp³-hybridized carbons (Fsp3) is 1.00. The molecule has 1 aliphatic rings. The van der Waals surface area contributed by atoms with Crippen LogP contribution in [0, 0.1) is 5.41 Å². The van der Waals surface area contributed by atoms with Crippen LogP contribution in [0.25, 0.3) is 0 Å². The second-order valence-corrected chi connectivity index (χ2v) is 7.18. The fourth-order valence-electron chi connectivity index (χ4n) is 2.27. The van der Waals surface area contributed by atoms with E-state index in [0.717, 1.165) is 32.6 Å². The SMILES string of the molecule is CN1CCN(CCC(O)C(C)(C)C)CC1(C)C. The predicted molar refractivity (Wildman–Crippen MR) is 73.2 cm³/mol. The largest absolute Gasteiger partial charge is 0.393 e. The Hall–Kier alpha value is -0.120. The lowest BCUT2D eigenvalue weighted by Crippen LogP contribution is -2.57. The normalized spacial score (nSPS) is 24.9. The number of nitrogens with zero attached hydrogens (tertiary/aromatic N) is 2. The number of hydrogen-bond acceptors (Lipinski definition) is 3. The molecule has 1 fully saturated rings. The fourth-order valence-corrected chi connectivity index (χ4v) is 2.27. The van der Waals surface area contributed by atoms with E-state index in [1.807, 2.05) is 0 Å². The first-order valence-electron chi connectivity index (χ1n) is 6.74. The molecule has 17 heavy (non-hydrogen) atoms. The zero-order chi connectivity index (χ0) is 13.3. The molecule has 102 valence electrons. The maximum absolute atomic E-state index is 10.1. The number of aliphatic hydroxyl groups is 1. The molecule has 1 rings (SSSR count). The van der Waals surface area contributed by atoms with Crippen molar-refractivity contribution in [1.29, 1.82) is 0 Å². The van der Waals surface area contributed by atoms with E-state index in [-0.39, 0.29) is 17.1 Å². The van der Waals surface area contributed by atoms with Crippen LogP contribution in [-0.4, -0.2) is 59.8 Å². The minimum absolute atomic E-state index is 0.00208. The Balaban J connectivity index is 2.39. The molecule has 1 aliphatic heterocycles. The van der Waals surface area contributed by atoms with Crippen molar-refractivity contribution < 1.29 is 5.11 Å². The van der Waals surface area contributed by atoms with Crippen molar-refractivity contribution in [3.8, 4) is 0 Å². The number of rotatable bonds is 3. The molecule has 0 aromatic heterocycles. The lowest BCUT2D eigenvalue weighted by Gasteiger charge is -2.45. The molecular weight excluding hydrogens is 212 g/mol. The average molecular weight is 242 g/mol. The van der Waals surface area contributed by atoms with Gasteiger partial charge >= 0.3 is 0 Å². The molecule has 0 aromatic rings. The zero-order valence-electron chi connectivity index (χ0n) is 12.5. The van der Waals surface area contributed by atoms with Crippen LogP contribution in [0.15, 0.2) is 0 Å². The molecule has 1 unspecified atom stereocenters. The molecule has 0 bridgehead atoms. The van der Waals surface area contributed by atoms with Gasteiger partial charge in [-0.2, -0.15) is 0 Å². The summed E-state index contributed by atoms with van der Waals surface area (Å²) < 4.78 is 0. The van der Waals surface area contributed by atoms with Crippen LogP contribution < -0.4 is 0 Å². The molecule has 1 saturated heterocycles. The number of likely N-dealkylation sites (N-methyl/N-ethyl adjacent to an activating group) is 1. The monoisotopic (exact) mass is 242 g/mol. The molecule has 1 heterocycles. The van der Waals surface area contributed by atoms with Crippen molar-refractivity contribution in [1.82, 2.24) is 9.80 Å². The molecule has 0 radical (unpaired) electrons. The van der Waals surface area contributed by atoms with Crippen molar-refractivity contribution in [3.63, 3.8) is 0 Å². The van der Waals surface area contributed by atoms with Gasteiger partial charge in [-0.3, -0.25) is 4.90 Å². The zero-order valence-corrected chi connectivity index (χ0v) is 12.5. The molecule has 3 nitrogen and oxygen atoms in total. The highest BCUT2D eigenvalue weighted by Gasteiger charge is 2.31. The third kappa shape index (κ3) is 4.23. The van der Waals surface area contributed by atoms with Gasteiger partial charge in [0.15, 0.2) is 0 Å². The van der Waals surface area contributed by atoms with Crippen LogP contribution in [0.5, 0.6) is 0 Å². The Bertz CT molecular complexity index is 245. The summed E-state index contributed by atoms with van der Waals surface area (Å²) in [4.78, 5) is 4.90. The van der Waals surface area contributed by atoms with E-state index >= 15 is 0 Å². The average Bonchev–Trinajstić information content (AvgIpc) is 2.17. The molecule has 1 atom stereocenters. The van der Waals surface area contributed by atoms with E-state index < -0.39 is 0 Å². The summed E-state index contributed by atoms with van der Waals surface area (Å²) in [5.74, 6) is 0. The quantitative estimate of drug-likeness (QED) is 0.817. The van der Waals surface area contributed by atoms with E-state index in [0.29, 0.717) is 0 Å². The molecule has 0 saturated carbocycles. The number of aliphatic hydroxyl groups excluding tert-OH is 1. The maximum Gasteiger partial charge on any atom is 0.0600 e. The van der Waals surface area contributed by atoms with Gasteiger partial charge in [-0.05, 0) is 32.7 Å². The van der Waals surface area contributed by atoms with Crippen molar-refractivity contribution in [2.24, 2.45) is 5.41 Å². The van der Waals surface area contributed by atoms with Gasteiger partial charge in [0.25, 0.3) is 0 Å². The molecule has 0 spiro atoms. The first kappa shape index (κ1) is 14.9. The van der Waals surface area contributed by atoms with Crippen LogP contribution in [0.3, 0.4) is 0 Å². The number of piperazine rings is 1. The molecule has 1 N–H and O–H groups in total. The van der Waals surface area contributed by atoms with Gasteiger partial charge in [0.05, 0.1) is 6.10 Å². The van der Waals surface area contributed by atoms with Gasteiger partial charge in [0, 0.05) is 31.7 Å². The summed E-state index contributed by atoms with van der Waals surface area (Å²) in [6, 6.07) is 0. The Kier molecular flexibility index (Phi) is 4.61. The summed E-state index contributed by atoms with van der Waals surface area (Å²) >= 11 is 0. The van der Waals surface area contributed by atoms with Gasteiger partial charge in [-0.15, -0.1) is 0 Å². The minimum Gasteiger partial charge on any atom is -0.393 e.